The predicted molar refractivity (Wildman–Crippen MR) is 68.9 cm³/mol. The SMILES string of the molecule is CCCC1(CNc2cc(SC)ncn2)CC1. The molecule has 0 aromatic carbocycles. The van der Waals surface area contributed by atoms with Crippen molar-refractivity contribution < 1.29 is 0 Å². The largest absolute Gasteiger partial charge is 0.369 e. The minimum Gasteiger partial charge on any atom is -0.369 e. The highest BCUT2D eigenvalue weighted by Crippen LogP contribution is 2.49. The van der Waals surface area contributed by atoms with Crippen molar-refractivity contribution in [1.82, 2.24) is 9.97 Å². The molecule has 1 N–H and O–H groups in total. The highest BCUT2D eigenvalue weighted by molar-refractivity contribution is 7.98. The summed E-state index contributed by atoms with van der Waals surface area (Å²) in [4.78, 5) is 8.41. The molecule has 2 rings (SSSR count). The molecule has 3 nitrogen and oxygen atoms in total. The molecule has 1 aromatic rings. The third-order valence-electron chi connectivity index (χ3n) is 3.23. The summed E-state index contributed by atoms with van der Waals surface area (Å²) in [7, 11) is 0. The molecule has 0 saturated heterocycles. The van der Waals surface area contributed by atoms with Gasteiger partial charge in [-0.15, -0.1) is 11.8 Å². The highest BCUT2D eigenvalue weighted by Gasteiger charge is 2.41. The molecule has 0 atom stereocenters. The van der Waals surface area contributed by atoms with E-state index in [1.54, 1.807) is 18.1 Å². The first-order valence-electron chi connectivity index (χ1n) is 5.88. The van der Waals surface area contributed by atoms with E-state index in [1.165, 1.54) is 25.7 Å². The molecule has 0 bridgehead atoms. The van der Waals surface area contributed by atoms with E-state index >= 15 is 0 Å². The molecule has 1 fully saturated rings. The maximum absolute atomic E-state index is 4.24. The Morgan fingerprint density at radius 2 is 2.25 bits per heavy atom. The molecule has 1 aromatic heterocycles. The van der Waals surface area contributed by atoms with Crippen molar-refractivity contribution in [3.05, 3.63) is 12.4 Å². The minimum atomic E-state index is 0.569. The monoisotopic (exact) mass is 237 g/mol. The second-order valence-electron chi connectivity index (χ2n) is 4.55. The lowest BCUT2D eigenvalue weighted by Gasteiger charge is -2.15. The van der Waals surface area contributed by atoms with Gasteiger partial charge < -0.3 is 5.32 Å². The van der Waals surface area contributed by atoms with Gasteiger partial charge in [0, 0.05) is 12.6 Å². The molecule has 0 aliphatic heterocycles. The first-order valence-corrected chi connectivity index (χ1v) is 7.10. The lowest BCUT2D eigenvalue weighted by molar-refractivity contribution is 0.485. The van der Waals surface area contributed by atoms with Crippen molar-refractivity contribution in [3.63, 3.8) is 0 Å². The van der Waals surface area contributed by atoms with Gasteiger partial charge in [0.25, 0.3) is 0 Å². The maximum atomic E-state index is 4.24. The van der Waals surface area contributed by atoms with E-state index in [-0.39, 0.29) is 0 Å². The Morgan fingerprint density at radius 1 is 1.44 bits per heavy atom. The number of rotatable bonds is 6. The van der Waals surface area contributed by atoms with Crippen LogP contribution >= 0.6 is 11.8 Å². The van der Waals surface area contributed by atoms with Crippen LogP contribution in [0.2, 0.25) is 0 Å². The Bertz CT molecular complexity index is 350. The third-order valence-corrected chi connectivity index (χ3v) is 3.87. The molecule has 1 aliphatic rings. The van der Waals surface area contributed by atoms with Crippen molar-refractivity contribution in [1.29, 1.82) is 0 Å². The average molecular weight is 237 g/mol. The van der Waals surface area contributed by atoms with Gasteiger partial charge in [-0.2, -0.15) is 0 Å². The van der Waals surface area contributed by atoms with Gasteiger partial charge in [0.1, 0.15) is 17.2 Å². The molecular weight excluding hydrogens is 218 g/mol. The zero-order valence-corrected chi connectivity index (χ0v) is 10.8. The lowest BCUT2D eigenvalue weighted by Crippen LogP contribution is -2.15. The third kappa shape index (κ3) is 2.88. The van der Waals surface area contributed by atoms with Crippen molar-refractivity contribution in [2.75, 3.05) is 18.1 Å². The van der Waals surface area contributed by atoms with Crippen LogP contribution in [0.4, 0.5) is 5.82 Å². The first-order chi connectivity index (χ1) is 7.78. The van der Waals surface area contributed by atoms with Gasteiger partial charge in [0.15, 0.2) is 0 Å². The van der Waals surface area contributed by atoms with E-state index in [0.717, 1.165) is 17.4 Å². The molecule has 1 saturated carbocycles. The van der Waals surface area contributed by atoms with Gasteiger partial charge in [0.05, 0.1) is 0 Å². The van der Waals surface area contributed by atoms with Crippen LogP contribution in [0.15, 0.2) is 17.4 Å². The summed E-state index contributed by atoms with van der Waals surface area (Å²) in [6.07, 6.45) is 9.02. The number of anilines is 1. The summed E-state index contributed by atoms with van der Waals surface area (Å²) in [5, 5.41) is 4.47. The number of nitrogens with one attached hydrogen (secondary N) is 1. The van der Waals surface area contributed by atoms with Gasteiger partial charge in [-0.25, -0.2) is 9.97 Å². The van der Waals surface area contributed by atoms with E-state index in [0.29, 0.717) is 5.41 Å². The summed E-state index contributed by atoms with van der Waals surface area (Å²) in [6.45, 7) is 3.32. The predicted octanol–water partition coefficient (Wildman–Crippen LogP) is 3.19. The molecule has 1 heterocycles. The molecule has 0 spiro atoms. The van der Waals surface area contributed by atoms with E-state index in [2.05, 4.69) is 22.2 Å². The molecule has 0 amide bonds. The number of aromatic nitrogens is 2. The van der Waals surface area contributed by atoms with Crippen molar-refractivity contribution in [3.8, 4) is 0 Å². The zero-order chi connectivity index (χ0) is 11.4. The fourth-order valence-corrected chi connectivity index (χ4v) is 2.43. The zero-order valence-electron chi connectivity index (χ0n) is 9.99. The van der Waals surface area contributed by atoms with Gasteiger partial charge in [-0.3, -0.25) is 0 Å². The second kappa shape index (κ2) is 5.04. The van der Waals surface area contributed by atoms with Gasteiger partial charge in [0.2, 0.25) is 0 Å². The van der Waals surface area contributed by atoms with Crippen LogP contribution in [0.3, 0.4) is 0 Å². The summed E-state index contributed by atoms with van der Waals surface area (Å²) in [5.41, 5.74) is 0.569. The molecule has 0 unspecified atom stereocenters. The number of thioether (sulfide) groups is 1. The summed E-state index contributed by atoms with van der Waals surface area (Å²) in [5.74, 6) is 0.960. The van der Waals surface area contributed by atoms with Crippen LogP contribution in [0.5, 0.6) is 0 Å². The molecule has 1 aliphatic carbocycles. The summed E-state index contributed by atoms with van der Waals surface area (Å²) in [6, 6.07) is 2.02. The van der Waals surface area contributed by atoms with Crippen LogP contribution in [0.25, 0.3) is 0 Å². The van der Waals surface area contributed by atoms with E-state index < -0.39 is 0 Å². The van der Waals surface area contributed by atoms with Crippen molar-refractivity contribution >= 4 is 17.6 Å². The second-order valence-corrected chi connectivity index (χ2v) is 5.38. The fraction of sp³-hybridized carbons (Fsp3) is 0.667. The number of hydrogen-bond donors (Lipinski definition) is 1. The Labute approximate surface area is 101 Å². The Balaban J connectivity index is 1.89. The standard InChI is InChI=1S/C12H19N3S/c1-3-4-12(5-6-12)8-13-10-7-11(16-2)15-9-14-10/h7,9H,3-6,8H2,1-2H3,(H,13,14,15). The van der Waals surface area contributed by atoms with Crippen LogP contribution in [0, 0.1) is 5.41 Å². The van der Waals surface area contributed by atoms with Crippen LogP contribution in [-0.4, -0.2) is 22.8 Å². The molecular formula is C12H19N3S. The number of nitrogens with zero attached hydrogens (tertiary/aromatic N) is 2. The first kappa shape index (κ1) is 11.7. The Hall–Kier alpha value is -0.770. The fourth-order valence-electron chi connectivity index (χ4n) is 2.05. The van der Waals surface area contributed by atoms with E-state index in [1.807, 2.05) is 12.3 Å². The van der Waals surface area contributed by atoms with E-state index in [4.69, 9.17) is 0 Å². The quantitative estimate of drug-likeness (QED) is 0.609. The van der Waals surface area contributed by atoms with E-state index in [9.17, 15) is 0 Å². The van der Waals surface area contributed by atoms with Crippen molar-refractivity contribution in [2.24, 2.45) is 5.41 Å². The maximum Gasteiger partial charge on any atom is 0.130 e. The smallest absolute Gasteiger partial charge is 0.130 e. The van der Waals surface area contributed by atoms with Crippen molar-refractivity contribution in [2.45, 2.75) is 37.6 Å². The van der Waals surface area contributed by atoms with Gasteiger partial charge in [-0.1, -0.05) is 13.3 Å². The van der Waals surface area contributed by atoms with Gasteiger partial charge in [-0.05, 0) is 30.9 Å². The number of hydrogen-bond acceptors (Lipinski definition) is 4. The molecule has 4 heteroatoms. The van der Waals surface area contributed by atoms with Crippen LogP contribution in [0.1, 0.15) is 32.6 Å². The average Bonchev–Trinajstić information content (AvgIpc) is 3.08. The Kier molecular flexibility index (Phi) is 3.69. The molecule has 0 radical (unpaired) electrons. The normalized spacial score (nSPS) is 17.1. The highest BCUT2D eigenvalue weighted by atomic mass is 32.2. The summed E-state index contributed by atoms with van der Waals surface area (Å²) >= 11 is 1.65. The minimum absolute atomic E-state index is 0.569. The molecule has 16 heavy (non-hydrogen) atoms. The van der Waals surface area contributed by atoms with Gasteiger partial charge >= 0.3 is 0 Å². The summed E-state index contributed by atoms with van der Waals surface area (Å²) < 4.78 is 0. The van der Waals surface area contributed by atoms with Crippen LogP contribution in [-0.2, 0) is 0 Å². The topological polar surface area (TPSA) is 37.8 Å². The van der Waals surface area contributed by atoms with Crippen LogP contribution < -0.4 is 5.32 Å². The molecule has 88 valence electrons. The Morgan fingerprint density at radius 3 is 2.88 bits per heavy atom. The lowest BCUT2D eigenvalue weighted by atomic mass is 10.0.